The zero-order chi connectivity index (χ0) is 32.2. The molecular formula is C28H20CuN6O8S2. The molecule has 14 nitrogen and oxygen atoms in total. The Bertz CT molecular complexity index is 1680. The summed E-state index contributed by atoms with van der Waals surface area (Å²) in [6.45, 7) is 0. The first-order chi connectivity index (χ1) is 21.0. The van der Waals surface area contributed by atoms with Crippen LogP contribution >= 0.6 is 22.7 Å². The van der Waals surface area contributed by atoms with Crippen LogP contribution in [-0.2, 0) is 17.1 Å². The van der Waals surface area contributed by atoms with E-state index in [2.05, 4.69) is 9.97 Å². The maximum absolute atomic E-state index is 10.3. The van der Waals surface area contributed by atoms with Gasteiger partial charge >= 0.3 is 17.1 Å². The van der Waals surface area contributed by atoms with Gasteiger partial charge in [-0.2, -0.15) is 0 Å². The summed E-state index contributed by atoms with van der Waals surface area (Å²) in [6.07, 6.45) is 0. The molecule has 0 saturated carbocycles. The molecule has 1 radical (unpaired) electrons. The number of hydrogen-bond acceptors (Lipinski definition) is 14. The third-order valence-electron chi connectivity index (χ3n) is 5.26. The van der Waals surface area contributed by atoms with Crippen LogP contribution in [0.2, 0.25) is 0 Å². The molecule has 233 valence electrons. The molecule has 4 N–H and O–H groups in total. The molecule has 2 aromatic heterocycles. The third-order valence-corrected chi connectivity index (χ3v) is 6.99. The number of nitrogen functional groups attached to an aromatic ring is 2. The standard InChI is InChI=1S/2C7H6N2S.2C7H5NO4.Cu/c2*8-7-9-5-3-1-2-4-6(5)10-7;2*9-7(10)5-3-1-2-4-6(5)8(11)12;/h2*1-4H,(H2,8,9);2*1-4H,(H,9,10);/q;;;;+2/p-2. The van der Waals surface area contributed by atoms with Crippen molar-refractivity contribution in [2.45, 2.75) is 0 Å². The van der Waals surface area contributed by atoms with Gasteiger partial charge in [0.25, 0.3) is 11.4 Å². The van der Waals surface area contributed by atoms with Gasteiger partial charge in [-0.15, -0.1) is 0 Å². The van der Waals surface area contributed by atoms with E-state index in [0.717, 1.165) is 44.7 Å². The first-order valence-electron chi connectivity index (χ1n) is 12.1. The summed E-state index contributed by atoms with van der Waals surface area (Å²) in [6, 6.07) is 25.9. The molecule has 17 heteroatoms. The maximum Gasteiger partial charge on any atom is 2.00 e. The predicted molar refractivity (Wildman–Crippen MR) is 163 cm³/mol. The number of para-hydroxylation sites is 4. The van der Waals surface area contributed by atoms with Gasteiger partial charge < -0.3 is 31.3 Å². The average Bonchev–Trinajstić information content (AvgIpc) is 3.58. The second-order valence-corrected chi connectivity index (χ2v) is 10.3. The molecule has 0 amide bonds. The largest absolute Gasteiger partial charge is 2.00 e. The Balaban J connectivity index is 0.000000208. The van der Waals surface area contributed by atoms with E-state index < -0.39 is 44.3 Å². The van der Waals surface area contributed by atoms with Crippen molar-refractivity contribution in [3.05, 3.63) is 128 Å². The molecular weight excluding hydrogens is 676 g/mol. The van der Waals surface area contributed by atoms with Gasteiger partial charge in [0.1, 0.15) is 0 Å². The first-order valence-corrected chi connectivity index (χ1v) is 13.7. The summed E-state index contributed by atoms with van der Waals surface area (Å²) in [5.74, 6) is -3.08. The topological polar surface area (TPSA) is 244 Å². The number of carbonyl (C=O) groups excluding carboxylic acids is 2. The van der Waals surface area contributed by atoms with Gasteiger partial charge in [-0.05, 0) is 36.4 Å². The summed E-state index contributed by atoms with van der Waals surface area (Å²) < 4.78 is 2.31. The maximum atomic E-state index is 10.3. The Labute approximate surface area is 272 Å². The molecule has 6 aromatic rings. The normalized spacial score (nSPS) is 9.60. The van der Waals surface area contributed by atoms with Crippen LogP contribution in [0, 0.1) is 20.2 Å². The number of nitrogens with zero attached hydrogens (tertiary/aromatic N) is 4. The van der Waals surface area contributed by atoms with Crippen molar-refractivity contribution >= 4 is 76.7 Å². The summed E-state index contributed by atoms with van der Waals surface area (Å²) in [5, 5.41) is 42.4. The number of carboxylic acid groups (broad SMARTS) is 2. The van der Waals surface area contributed by atoms with Gasteiger partial charge in [0.05, 0.1) is 53.3 Å². The van der Waals surface area contributed by atoms with E-state index in [0.29, 0.717) is 10.3 Å². The zero-order valence-corrected chi connectivity index (χ0v) is 25.1. The number of fused-ring (bicyclic) bond motifs is 2. The fourth-order valence-corrected chi connectivity index (χ4v) is 4.86. The van der Waals surface area contributed by atoms with E-state index in [1.165, 1.54) is 46.9 Å². The molecule has 0 unspecified atom stereocenters. The Hall–Kier alpha value is -5.48. The first kappa shape index (κ1) is 35.7. The fourth-order valence-electron chi connectivity index (χ4n) is 3.39. The molecule has 0 bridgehead atoms. The van der Waals surface area contributed by atoms with Crippen LogP contribution in [0.15, 0.2) is 97.1 Å². The van der Waals surface area contributed by atoms with Crippen LogP contribution < -0.4 is 21.7 Å². The van der Waals surface area contributed by atoms with Crippen molar-refractivity contribution in [3.63, 3.8) is 0 Å². The van der Waals surface area contributed by atoms with Crippen molar-refractivity contribution < 1.29 is 46.7 Å². The van der Waals surface area contributed by atoms with E-state index in [-0.39, 0.29) is 17.1 Å². The van der Waals surface area contributed by atoms with E-state index in [1.807, 2.05) is 48.5 Å². The van der Waals surface area contributed by atoms with Crippen LogP contribution in [-0.4, -0.2) is 31.8 Å². The monoisotopic (exact) mass is 695 g/mol. The quantitative estimate of drug-likeness (QED) is 0.152. The summed E-state index contributed by atoms with van der Waals surface area (Å²) in [4.78, 5) is 47.8. The summed E-state index contributed by atoms with van der Waals surface area (Å²) in [5.41, 5.74) is 11.3. The number of benzene rings is 4. The van der Waals surface area contributed by atoms with Crippen molar-refractivity contribution in [2.75, 3.05) is 11.5 Å². The Kier molecular flexibility index (Phi) is 13.5. The van der Waals surface area contributed by atoms with Crippen LogP contribution in [0.5, 0.6) is 0 Å². The Morgan fingerprint density at radius 2 is 0.889 bits per heavy atom. The average molecular weight is 696 g/mol. The van der Waals surface area contributed by atoms with Gasteiger partial charge in [-0.3, -0.25) is 20.2 Å². The van der Waals surface area contributed by atoms with Crippen molar-refractivity contribution in [2.24, 2.45) is 0 Å². The van der Waals surface area contributed by atoms with Crippen LogP contribution in [0.4, 0.5) is 21.6 Å². The second kappa shape index (κ2) is 17.0. The van der Waals surface area contributed by atoms with Crippen molar-refractivity contribution in [3.8, 4) is 0 Å². The zero-order valence-electron chi connectivity index (χ0n) is 22.6. The SMILES string of the molecule is Nc1nc2ccccc2s1.Nc1nc2ccccc2s1.O=C([O-])c1ccccc1[N+](=O)[O-].O=C([O-])c1ccccc1[N+](=O)[O-].[Cu+2]. The number of rotatable bonds is 4. The van der Waals surface area contributed by atoms with Gasteiger partial charge in [0.2, 0.25) is 0 Å². The van der Waals surface area contributed by atoms with Crippen molar-refractivity contribution in [1.29, 1.82) is 0 Å². The van der Waals surface area contributed by atoms with Crippen LogP contribution in [0.25, 0.3) is 20.4 Å². The fraction of sp³-hybridized carbons (Fsp3) is 0. The van der Waals surface area contributed by atoms with E-state index in [4.69, 9.17) is 11.5 Å². The molecule has 0 aliphatic carbocycles. The Morgan fingerprint density at radius 1 is 0.578 bits per heavy atom. The smallest absolute Gasteiger partial charge is 0.545 e. The minimum Gasteiger partial charge on any atom is -0.545 e. The van der Waals surface area contributed by atoms with E-state index >= 15 is 0 Å². The van der Waals surface area contributed by atoms with Crippen LogP contribution in [0.3, 0.4) is 0 Å². The predicted octanol–water partition coefficient (Wildman–Crippen LogP) is 3.67. The number of carbonyl (C=O) groups is 2. The number of hydrogen-bond donors (Lipinski definition) is 2. The molecule has 45 heavy (non-hydrogen) atoms. The molecule has 2 heterocycles. The number of anilines is 2. The molecule has 6 rings (SSSR count). The van der Waals surface area contributed by atoms with Gasteiger partial charge in [0, 0.05) is 12.1 Å². The molecule has 4 aromatic carbocycles. The summed E-state index contributed by atoms with van der Waals surface area (Å²) in [7, 11) is 0. The molecule has 0 fully saturated rings. The number of nitrogens with two attached hydrogens (primary N) is 2. The number of aromatic carboxylic acids is 2. The van der Waals surface area contributed by atoms with Crippen LogP contribution in [0.1, 0.15) is 20.7 Å². The molecule has 0 spiro atoms. The number of aromatic nitrogens is 2. The number of carboxylic acids is 2. The second-order valence-electron chi connectivity index (χ2n) is 8.16. The molecule has 0 aliphatic heterocycles. The molecule has 0 saturated heterocycles. The van der Waals surface area contributed by atoms with E-state index in [9.17, 15) is 40.0 Å². The number of thiazole rings is 2. The van der Waals surface area contributed by atoms with E-state index in [1.54, 1.807) is 0 Å². The number of nitro benzene ring substituents is 2. The third kappa shape index (κ3) is 10.3. The van der Waals surface area contributed by atoms with Gasteiger partial charge in [0.15, 0.2) is 10.3 Å². The Morgan fingerprint density at radius 3 is 1.18 bits per heavy atom. The molecule has 0 aliphatic rings. The van der Waals surface area contributed by atoms with Gasteiger partial charge in [-0.1, -0.05) is 71.2 Å². The van der Waals surface area contributed by atoms with Crippen molar-refractivity contribution in [1.82, 2.24) is 9.97 Å². The minimum atomic E-state index is -1.54. The summed E-state index contributed by atoms with van der Waals surface area (Å²) >= 11 is 3.04. The van der Waals surface area contributed by atoms with Gasteiger partial charge in [-0.25, -0.2) is 9.97 Å². The molecule has 0 atom stereocenters. The number of nitro groups is 2. The minimum absolute atomic E-state index is 0.